The van der Waals surface area contributed by atoms with E-state index in [2.05, 4.69) is 30.3 Å². The molecule has 0 bridgehead atoms. The lowest BCUT2D eigenvalue weighted by Crippen LogP contribution is -2.30. The fraction of sp³-hybridized carbons (Fsp3) is 0. The van der Waals surface area contributed by atoms with Crippen LogP contribution in [0, 0.1) is 0 Å². The molecule has 0 aliphatic carbocycles. The van der Waals surface area contributed by atoms with Crippen molar-refractivity contribution in [1.82, 2.24) is 0 Å². The molecule has 0 fully saturated rings. The van der Waals surface area contributed by atoms with Crippen LogP contribution < -0.4 is 4.90 Å². The summed E-state index contributed by atoms with van der Waals surface area (Å²) in [6, 6.07) is 34.3. The summed E-state index contributed by atoms with van der Waals surface area (Å²) in [6.07, 6.45) is 2.63. The van der Waals surface area contributed by atoms with E-state index in [-0.39, 0.29) is 11.8 Å². The highest BCUT2D eigenvalue weighted by Gasteiger charge is 2.27. The Bertz CT molecular complexity index is 1290. The molecule has 0 saturated heterocycles. The van der Waals surface area contributed by atoms with Gasteiger partial charge in [-0.25, -0.2) is 4.90 Å². The summed E-state index contributed by atoms with van der Waals surface area (Å²) < 4.78 is 0. The number of amides is 2. The van der Waals surface area contributed by atoms with Crippen molar-refractivity contribution in [3.05, 3.63) is 115 Å². The molecule has 0 unspecified atom stereocenters. The zero-order valence-corrected chi connectivity index (χ0v) is 16.7. The molecule has 3 heteroatoms. The third-order valence-corrected chi connectivity index (χ3v) is 5.43. The molecule has 0 spiro atoms. The first-order chi connectivity index (χ1) is 15.2. The summed E-state index contributed by atoms with van der Waals surface area (Å²) in [4.78, 5) is 25.9. The minimum atomic E-state index is -0.319. The molecular weight excluding hydrogens is 382 g/mol. The number of imide groups is 1. The molecule has 4 aromatic rings. The maximum absolute atomic E-state index is 12.3. The SMILES string of the molecule is O=C1C=CC(=O)N1c1ccc(-c2cccc(-c3ccccc3)c2)cc1-c1ccccc1. The molecule has 3 nitrogen and oxygen atoms in total. The molecule has 0 atom stereocenters. The highest BCUT2D eigenvalue weighted by atomic mass is 16.2. The van der Waals surface area contributed by atoms with E-state index < -0.39 is 0 Å². The molecule has 31 heavy (non-hydrogen) atoms. The Kier molecular flexibility index (Phi) is 4.77. The van der Waals surface area contributed by atoms with Gasteiger partial charge in [-0.05, 0) is 46.0 Å². The Labute approximate surface area is 180 Å². The normalized spacial score (nSPS) is 13.1. The van der Waals surface area contributed by atoms with Gasteiger partial charge < -0.3 is 0 Å². The van der Waals surface area contributed by atoms with Gasteiger partial charge in [0.15, 0.2) is 0 Å². The number of rotatable bonds is 4. The van der Waals surface area contributed by atoms with E-state index in [0.29, 0.717) is 5.69 Å². The van der Waals surface area contributed by atoms with Crippen LogP contribution >= 0.6 is 0 Å². The number of carbonyl (C=O) groups is 2. The molecule has 0 saturated carbocycles. The minimum Gasteiger partial charge on any atom is -0.269 e. The summed E-state index contributed by atoms with van der Waals surface area (Å²) in [5.41, 5.74) is 6.77. The molecule has 0 radical (unpaired) electrons. The van der Waals surface area contributed by atoms with Crippen molar-refractivity contribution < 1.29 is 9.59 Å². The zero-order valence-electron chi connectivity index (χ0n) is 16.7. The van der Waals surface area contributed by atoms with E-state index in [9.17, 15) is 9.59 Å². The van der Waals surface area contributed by atoms with E-state index in [4.69, 9.17) is 0 Å². The molecule has 4 aromatic carbocycles. The highest BCUT2D eigenvalue weighted by molar-refractivity contribution is 6.29. The van der Waals surface area contributed by atoms with Gasteiger partial charge in [-0.3, -0.25) is 9.59 Å². The van der Waals surface area contributed by atoms with Gasteiger partial charge >= 0.3 is 0 Å². The average Bonchev–Trinajstić information content (AvgIpc) is 3.17. The number of nitrogens with zero attached hydrogens (tertiary/aromatic N) is 1. The first-order valence-corrected chi connectivity index (χ1v) is 10.1. The van der Waals surface area contributed by atoms with Crippen LogP contribution in [0.4, 0.5) is 5.69 Å². The minimum absolute atomic E-state index is 0.319. The van der Waals surface area contributed by atoms with E-state index in [1.807, 2.05) is 72.8 Å². The fourth-order valence-electron chi connectivity index (χ4n) is 3.91. The lowest BCUT2D eigenvalue weighted by atomic mass is 9.95. The second-order valence-corrected chi connectivity index (χ2v) is 7.39. The molecule has 1 aliphatic heterocycles. The largest absolute Gasteiger partial charge is 0.269 e. The molecule has 2 amide bonds. The predicted octanol–water partition coefficient (Wildman–Crippen LogP) is 6.12. The van der Waals surface area contributed by atoms with Gasteiger partial charge in [0.2, 0.25) is 0 Å². The fourth-order valence-corrected chi connectivity index (χ4v) is 3.91. The number of hydrogen-bond donors (Lipinski definition) is 0. The lowest BCUT2D eigenvalue weighted by molar-refractivity contribution is -0.119. The van der Waals surface area contributed by atoms with Crippen molar-refractivity contribution in [1.29, 1.82) is 0 Å². The quantitative estimate of drug-likeness (QED) is 0.387. The van der Waals surface area contributed by atoms with Gasteiger partial charge in [0, 0.05) is 17.7 Å². The Morgan fingerprint density at radius 3 is 1.61 bits per heavy atom. The lowest BCUT2D eigenvalue weighted by Gasteiger charge is -2.20. The van der Waals surface area contributed by atoms with Crippen LogP contribution in [0.3, 0.4) is 0 Å². The third kappa shape index (κ3) is 3.58. The van der Waals surface area contributed by atoms with Crippen LogP contribution in [-0.4, -0.2) is 11.8 Å². The van der Waals surface area contributed by atoms with Crippen molar-refractivity contribution in [2.75, 3.05) is 4.90 Å². The predicted molar refractivity (Wildman–Crippen MR) is 124 cm³/mol. The van der Waals surface area contributed by atoms with Crippen molar-refractivity contribution in [2.45, 2.75) is 0 Å². The van der Waals surface area contributed by atoms with E-state index in [1.54, 1.807) is 0 Å². The topological polar surface area (TPSA) is 37.4 Å². The van der Waals surface area contributed by atoms with Gasteiger partial charge in [-0.1, -0.05) is 84.9 Å². The Hall–Kier alpha value is -4.24. The molecule has 5 rings (SSSR count). The first-order valence-electron chi connectivity index (χ1n) is 10.1. The van der Waals surface area contributed by atoms with Gasteiger partial charge in [0.1, 0.15) is 0 Å². The van der Waals surface area contributed by atoms with Crippen molar-refractivity contribution >= 4 is 17.5 Å². The van der Waals surface area contributed by atoms with Crippen LogP contribution in [0.5, 0.6) is 0 Å². The monoisotopic (exact) mass is 401 g/mol. The summed E-state index contributed by atoms with van der Waals surface area (Å²) >= 11 is 0. The summed E-state index contributed by atoms with van der Waals surface area (Å²) in [6.45, 7) is 0. The first kappa shape index (κ1) is 18.8. The summed E-state index contributed by atoms with van der Waals surface area (Å²) in [7, 11) is 0. The second kappa shape index (κ2) is 7.88. The molecule has 1 heterocycles. The second-order valence-electron chi connectivity index (χ2n) is 7.39. The average molecular weight is 401 g/mol. The Morgan fingerprint density at radius 1 is 0.452 bits per heavy atom. The standard InChI is InChI=1S/C28H19NO2/c30-27-16-17-28(31)29(27)26-15-14-24(19-25(26)21-10-5-2-6-11-21)23-13-7-12-22(18-23)20-8-3-1-4-9-20/h1-19H. The maximum Gasteiger partial charge on any atom is 0.258 e. The van der Waals surface area contributed by atoms with Crippen LogP contribution in [0.2, 0.25) is 0 Å². The molecule has 0 N–H and O–H groups in total. The molecule has 148 valence electrons. The highest BCUT2D eigenvalue weighted by Crippen LogP contribution is 2.37. The Morgan fingerprint density at radius 2 is 0.968 bits per heavy atom. The van der Waals surface area contributed by atoms with E-state index >= 15 is 0 Å². The van der Waals surface area contributed by atoms with Crippen LogP contribution in [0.1, 0.15) is 0 Å². The number of hydrogen-bond acceptors (Lipinski definition) is 2. The summed E-state index contributed by atoms with van der Waals surface area (Å²) in [5, 5.41) is 0. The van der Waals surface area contributed by atoms with Gasteiger partial charge in [0.25, 0.3) is 11.8 Å². The van der Waals surface area contributed by atoms with E-state index in [1.165, 1.54) is 17.1 Å². The zero-order chi connectivity index (χ0) is 21.2. The maximum atomic E-state index is 12.3. The van der Waals surface area contributed by atoms with Crippen molar-refractivity contribution in [3.63, 3.8) is 0 Å². The number of anilines is 1. The number of carbonyl (C=O) groups excluding carboxylic acids is 2. The molecule has 1 aliphatic rings. The van der Waals surface area contributed by atoms with Crippen LogP contribution in [0.25, 0.3) is 33.4 Å². The molecular formula is C28H19NO2. The van der Waals surface area contributed by atoms with Gasteiger partial charge in [-0.2, -0.15) is 0 Å². The van der Waals surface area contributed by atoms with Crippen molar-refractivity contribution in [3.8, 4) is 33.4 Å². The van der Waals surface area contributed by atoms with Crippen LogP contribution in [0.15, 0.2) is 115 Å². The van der Waals surface area contributed by atoms with Gasteiger partial charge in [0.05, 0.1) is 5.69 Å². The van der Waals surface area contributed by atoms with Crippen LogP contribution in [-0.2, 0) is 9.59 Å². The van der Waals surface area contributed by atoms with E-state index in [0.717, 1.165) is 33.4 Å². The molecule has 0 aromatic heterocycles. The third-order valence-electron chi connectivity index (χ3n) is 5.43. The van der Waals surface area contributed by atoms with Gasteiger partial charge in [-0.15, -0.1) is 0 Å². The summed E-state index contributed by atoms with van der Waals surface area (Å²) in [5.74, 6) is -0.637. The van der Waals surface area contributed by atoms with Crippen molar-refractivity contribution in [2.24, 2.45) is 0 Å². The smallest absolute Gasteiger partial charge is 0.258 e. The number of benzene rings is 4. The Balaban J connectivity index is 1.64.